The van der Waals surface area contributed by atoms with Crippen LogP contribution in [0.5, 0.6) is 0 Å². The van der Waals surface area contributed by atoms with Crippen LogP contribution in [0.25, 0.3) is 10.9 Å². The van der Waals surface area contributed by atoms with E-state index in [-0.39, 0.29) is 22.3 Å². The minimum absolute atomic E-state index is 0.0161. The number of H-pyrrole nitrogens is 2. The maximum absolute atomic E-state index is 12.8. The maximum Gasteiger partial charge on any atom is 0.259 e. The molecule has 0 radical (unpaired) electrons. The molecule has 1 atom stereocenters. The van der Waals surface area contributed by atoms with Gasteiger partial charge in [0.05, 0.1) is 17.0 Å². The molecule has 1 amide bonds. The second-order valence-corrected chi connectivity index (χ2v) is 6.79. The number of fused-ring (bicyclic) bond motifs is 1. The van der Waals surface area contributed by atoms with Crippen LogP contribution in [-0.2, 0) is 4.74 Å². The first kappa shape index (κ1) is 17.8. The van der Waals surface area contributed by atoms with Crippen molar-refractivity contribution in [1.82, 2.24) is 14.9 Å². The molecule has 1 aliphatic rings. The highest BCUT2D eigenvalue weighted by Gasteiger charge is 2.22. The van der Waals surface area contributed by atoms with Gasteiger partial charge in [0.15, 0.2) is 4.77 Å². The van der Waals surface area contributed by atoms with E-state index in [4.69, 9.17) is 17.0 Å². The third-order valence-corrected chi connectivity index (χ3v) is 4.71. The van der Waals surface area contributed by atoms with Gasteiger partial charge in [-0.3, -0.25) is 14.6 Å². The maximum atomic E-state index is 12.8. The second kappa shape index (κ2) is 7.93. The average Bonchev–Trinajstić information content (AvgIpc) is 2.84. The van der Waals surface area contributed by atoms with Crippen LogP contribution in [0.4, 0.5) is 0 Å². The zero-order valence-corrected chi connectivity index (χ0v) is 15.2. The zero-order valence-electron chi connectivity index (χ0n) is 14.3. The lowest BCUT2D eigenvalue weighted by Crippen LogP contribution is -2.32. The van der Waals surface area contributed by atoms with Gasteiger partial charge in [-0.15, -0.1) is 0 Å². The largest absolute Gasteiger partial charge is 0.378 e. The van der Waals surface area contributed by atoms with Crippen molar-refractivity contribution in [1.29, 1.82) is 0 Å². The quantitative estimate of drug-likeness (QED) is 0.821. The molecular formula is C18H23N3O3S. The van der Waals surface area contributed by atoms with Crippen LogP contribution in [0.2, 0.25) is 0 Å². The minimum atomic E-state index is -0.247. The van der Waals surface area contributed by atoms with E-state index in [1.807, 2.05) is 4.90 Å². The summed E-state index contributed by atoms with van der Waals surface area (Å²) in [5, 5.41) is 0.494. The first-order chi connectivity index (χ1) is 12.1. The fourth-order valence-corrected chi connectivity index (χ4v) is 3.41. The zero-order chi connectivity index (χ0) is 17.8. The van der Waals surface area contributed by atoms with Crippen molar-refractivity contribution in [2.45, 2.75) is 38.7 Å². The van der Waals surface area contributed by atoms with Gasteiger partial charge in [0.1, 0.15) is 0 Å². The van der Waals surface area contributed by atoms with Gasteiger partial charge < -0.3 is 14.6 Å². The Hall–Kier alpha value is -1.99. The molecule has 1 fully saturated rings. The first-order valence-corrected chi connectivity index (χ1v) is 9.16. The van der Waals surface area contributed by atoms with E-state index in [2.05, 4.69) is 16.9 Å². The van der Waals surface area contributed by atoms with Gasteiger partial charge in [-0.2, -0.15) is 0 Å². The van der Waals surface area contributed by atoms with Gasteiger partial charge in [-0.05, 0) is 56.1 Å². The number of likely N-dealkylation sites (tertiary alicyclic amines) is 1. The molecule has 6 nitrogen and oxygen atoms in total. The molecule has 0 unspecified atom stereocenters. The predicted molar refractivity (Wildman–Crippen MR) is 99.5 cm³/mol. The molecule has 1 aliphatic heterocycles. The van der Waals surface area contributed by atoms with Gasteiger partial charge in [-0.25, -0.2) is 0 Å². The number of aromatic nitrogens is 2. The Kier molecular flexibility index (Phi) is 5.65. The van der Waals surface area contributed by atoms with Crippen LogP contribution in [-0.4, -0.2) is 46.6 Å². The lowest BCUT2D eigenvalue weighted by Gasteiger charge is -2.21. The van der Waals surface area contributed by atoms with Crippen molar-refractivity contribution < 1.29 is 9.53 Å². The van der Waals surface area contributed by atoms with Crippen molar-refractivity contribution in [3.05, 3.63) is 38.9 Å². The number of carbonyl (C=O) groups excluding carboxylic acids is 1. The highest BCUT2D eigenvalue weighted by atomic mass is 32.1. The predicted octanol–water partition coefficient (Wildman–Crippen LogP) is 3.01. The van der Waals surface area contributed by atoms with E-state index >= 15 is 0 Å². The van der Waals surface area contributed by atoms with E-state index in [9.17, 15) is 9.59 Å². The molecule has 25 heavy (non-hydrogen) atoms. The Morgan fingerprint density at radius 1 is 1.32 bits per heavy atom. The number of nitrogens with zero attached hydrogens (tertiary/aromatic N) is 1. The van der Waals surface area contributed by atoms with Crippen LogP contribution in [0.3, 0.4) is 0 Å². The fraction of sp³-hybridized carbons (Fsp3) is 0.500. The molecule has 0 aliphatic carbocycles. The van der Waals surface area contributed by atoms with Gasteiger partial charge in [0.25, 0.3) is 11.5 Å². The number of rotatable bonds is 4. The average molecular weight is 361 g/mol. The van der Waals surface area contributed by atoms with Crippen LogP contribution in [0.1, 0.15) is 43.0 Å². The SMILES string of the molecule is CCCO[C@H]1CCCN(C(=O)c2ccc3c(=O)[nH]c(=S)[nH]c3c2)CC1. The Labute approximate surface area is 151 Å². The van der Waals surface area contributed by atoms with Crippen molar-refractivity contribution in [3.8, 4) is 0 Å². The third-order valence-electron chi connectivity index (χ3n) is 4.51. The Balaban J connectivity index is 1.77. The number of hydrogen-bond donors (Lipinski definition) is 2. The number of nitrogens with one attached hydrogen (secondary N) is 2. The second-order valence-electron chi connectivity index (χ2n) is 6.38. The number of amides is 1. The highest BCUT2D eigenvalue weighted by Crippen LogP contribution is 2.18. The fourth-order valence-electron chi connectivity index (χ4n) is 3.21. The minimum Gasteiger partial charge on any atom is -0.378 e. The summed E-state index contributed by atoms with van der Waals surface area (Å²) in [6.07, 6.45) is 4.04. The molecule has 2 N–H and O–H groups in total. The summed E-state index contributed by atoms with van der Waals surface area (Å²) >= 11 is 5.01. The first-order valence-electron chi connectivity index (χ1n) is 8.75. The molecular weight excluding hydrogens is 338 g/mol. The summed E-state index contributed by atoms with van der Waals surface area (Å²) in [4.78, 5) is 32.1. The summed E-state index contributed by atoms with van der Waals surface area (Å²) in [5.41, 5.74) is 0.902. The number of aromatic amines is 2. The summed E-state index contributed by atoms with van der Waals surface area (Å²) in [5.74, 6) is -0.0161. The van der Waals surface area contributed by atoms with Crippen LogP contribution >= 0.6 is 12.2 Å². The summed E-state index contributed by atoms with van der Waals surface area (Å²) in [7, 11) is 0. The van der Waals surface area contributed by atoms with Gasteiger partial charge in [-0.1, -0.05) is 6.92 Å². The van der Waals surface area contributed by atoms with Crippen molar-refractivity contribution in [2.75, 3.05) is 19.7 Å². The smallest absolute Gasteiger partial charge is 0.259 e. The monoisotopic (exact) mass is 361 g/mol. The third kappa shape index (κ3) is 4.16. The molecule has 134 valence electrons. The summed E-state index contributed by atoms with van der Waals surface area (Å²) in [6, 6.07) is 5.07. The normalized spacial score (nSPS) is 18.3. The van der Waals surface area contributed by atoms with Crippen molar-refractivity contribution >= 4 is 29.0 Å². The molecule has 1 aromatic heterocycles. The van der Waals surface area contributed by atoms with Crippen LogP contribution in [0, 0.1) is 4.77 Å². The topological polar surface area (TPSA) is 78.2 Å². The van der Waals surface area contributed by atoms with E-state index in [1.165, 1.54) is 0 Å². The van der Waals surface area contributed by atoms with Gasteiger partial charge in [0.2, 0.25) is 0 Å². The molecule has 0 bridgehead atoms. The number of benzene rings is 1. The van der Waals surface area contributed by atoms with E-state index in [1.54, 1.807) is 18.2 Å². The Bertz CT molecular complexity index is 874. The molecule has 0 spiro atoms. The van der Waals surface area contributed by atoms with E-state index in [0.717, 1.165) is 38.8 Å². The molecule has 3 rings (SSSR count). The highest BCUT2D eigenvalue weighted by molar-refractivity contribution is 7.71. The standard InChI is InChI=1S/C18H23N3O3S/c1-2-10-24-13-4-3-8-21(9-7-13)17(23)12-5-6-14-15(11-12)19-18(25)20-16(14)22/h5-6,11,13H,2-4,7-10H2,1H3,(H2,19,20,22,25)/t13-/m0/s1. The number of carbonyl (C=O) groups is 1. The molecule has 7 heteroatoms. The molecule has 2 heterocycles. The van der Waals surface area contributed by atoms with Gasteiger partial charge >= 0.3 is 0 Å². The van der Waals surface area contributed by atoms with E-state index in [0.29, 0.717) is 23.0 Å². The summed E-state index contributed by atoms with van der Waals surface area (Å²) in [6.45, 7) is 4.30. The lowest BCUT2D eigenvalue weighted by molar-refractivity contribution is 0.0432. The lowest BCUT2D eigenvalue weighted by atomic mass is 10.1. The Morgan fingerprint density at radius 3 is 2.96 bits per heavy atom. The molecule has 1 aromatic carbocycles. The Morgan fingerprint density at radius 2 is 2.16 bits per heavy atom. The number of hydrogen-bond acceptors (Lipinski definition) is 4. The van der Waals surface area contributed by atoms with Crippen LogP contribution < -0.4 is 5.56 Å². The van der Waals surface area contributed by atoms with Crippen LogP contribution in [0.15, 0.2) is 23.0 Å². The molecule has 1 saturated heterocycles. The molecule has 0 saturated carbocycles. The van der Waals surface area contributed by atoms with Crippen molar-refractivity contribution in [2.24, 2.45) is 0 Å². The van der Waals surface area contributed by atoms with Gasteiger partial charge in [0, 0.05) is 25.3 Å². The van der Waals surface area contributed by atoms with Crippen molar-refractivity contribution in [3.63, 3.8) is 0 Å². The van der Waals surface area contributed by atoms with E-state index < -0.39 is 0 Å². The summed E-state index contributed by atoms with van der Waals surface area (Å²) < 4.78 is 6.09. The molecule has 2 aromatic rings. The number of ether oxygens (including phenoxy) is 1.